The fourth-order valence-corrected chi connectivity index (χ4v) is 1.96. The van der Waals surface area contributed by atoms with Crippen LogP contribution in [0.5, 0.6) is 0 Å². The highest BCUT2D eigenvalue weighted by Crippen LogP contribution is 2.28. The molecule has 0 aliphatic heterocycles. The van der Waals surface area contributed by atoms with E-state index in [0.717, 1.165) is 24.2 Å². The van der Waals surface area contributed by atoms with E-state index in [-0.39, 0.29) is 5.82 Å². The summed E-state index contributed by atoms with van der Waals surface area (Å²) in [5.41, 5.74) is 8.73. The van der Waals surface area contributed by atoms with E-state index < -0.39 is 0 Å². The van der Waals surface area contributed by atoms with E-state index in [9.17, 15) is 4.39 Å². The number of nitrogens with one attached hydrogen (secondary N) is 1. The predicted octanol–water partition coefficient (Wildman–Crippen LogP) is 3.37. The minimum absolute atomic E-state index is 0.299. The van der Waals surface area contributed by atoms with Crippen LogP contribution in [-0.2, 0) is 6.54 Å². The van der Waals surface area contributed by atoms with Gasteiger partial charge in [0.15, 0.2) is 5.82 Å². The van der Waals surface area contributed by atoms with Crippen molar-refractivity contribution in [2.45, 2.75) is 33.7 Å². The van der Waals surface area contributed by atoms with E-state index in [0.29, 0.717) is 17.2 Å². The van der Waals surface area contributed by atoms with Crippen LogP contribution in [0.15, 0.2) is 18.2 Å². The van der Waals surface area contributed by atoms with Gasteiger partial charge in [-0.2, -0.15) is 5.10 Å². The quantitative estimate of drug-likeness (QED) is 0.888. The lowest BCUT2D eigenvalue weighted by Crippen LogP contribution is -2.06. The van der Waals surface area contributed by atoms with Crippen LogP contribution in [0.4, 0.5) is 21.6 Å². The van der Waals surface area contributed by atoms with E-state index in [1.54, 1.807) is 16.8 Å². The molecular formula is C14H19FN4. The predicted molar refractivity (Wildman–Crippen MR) is 76.1 cm³/mol. The summed E-state index contributed by atoms with van der Waals surface area (Å²) < 4.78 is 15.6. The highest BCUT2D eigenvalue weighted by atomic mass is 19.1. The summed E-state index contributed by atoms with van der Waals surface area (Å²) >= 11 is 0. The first-order valence-corrected chi connectivity index (χ1v) is 6.39. The van der Waals surface area contributed by atoms with Crippen LogP contribution in [0.1, 0.15) is 24.6 Å². The second-order valence-corrected chi connectivity index (χ2v) is 4.68. The van der Waals surface area contributed by atoms with E-state index in [1.165, 1.54) is 6.07 Å². The van der Waals surface area contributed by atoms with Crippen molar-refractivity contribution in [2.75, 3.05) is 11.1 Å². The zero-order valence-electron chi connectivity index (χ0n) is 11.5. The number of hydrogen-bond donors (Lipinski definition) is 2. The Balaban J connectivity index is 2.39. The summed E-state index contributed by atoms with van der Waals surface area (Å²) in [5, 5.41) is 7.41. The van der Waals surface area contributed by atoms with Gasteiger partial charge in [-0.1, -0.05) is 13.0 Å². The highest BCUT2D eigenvalue weighted by molar-refractivity contribution is 5.71. The second kappa shape index (κ2) is 5.30. The fourth-order valence-electron chi connectivity index (χ4n) is 1.96. The van der Waals surface area contributed by atoms with E-state index in [2.05, 4.69) is 17.3 Å². The van der Waals surface area contributed by atoms with Crippen molar-refractivity contribution in [3.05, 3.63) is 35.3 Å². The van der Waals surface area contributed by atoms with Gasteiger partial charge in [-0.15, -0.1) is 0 Å². The van der Waals surface area contributed by atoms with Crippen LogP contribution in [0.2, 0.25) is 0 Å². The lowest BCUT2D eigenvalue weighted by atomic mass is 10.2. The minimum atomic E-state index is -0.299. The van der Waals surface area contributed by atoms with Crippen molar-refractivity contribution in [2.24, 2.45) is 0 Å². The summed E-state index contributed by atoms with van der Waals surface area (Å²) in [6, 6.07) is 4.94. The molecule has 1 heterocycles. The Morgan fingerprint density at radius 2 is 2.11 bits per heavy atom. The summed E-state index contributed by atoms with van der Waals surface area (Å²) in [4.78, 5) is 0. The molecule has 0 atom stereocenters. The maximum atomic E-state index is 13.8. The topological polar surface area (TPSA) is 55.9 Å². The number of aryl methyl sites for hydroxylation is 3. The average molecular weight is 262 g/mol. The zero-order chi connectivity index (χ0) is 14.0. The van der Waals surface area contributed by atoms with Crippen LogP contribution in [0.3, 0.4) is 0 Å². The molecular weight excluding hydrogens is 243 g/mol. The Labute approximate surface area is 112 Å². The maximum absolute atomic E-state index is 13.8. The Morgan fingerprint density at radius 1 is 1.37 bits per heavy atom. The molecule has 0 spiro atoms. The largest absolute Gasteiger partial charge is 0.394 e. The van der Waals surface area contributed by atoms with Crippen molar-refractivity contribution < 1.29 is 4.39 Å². The number of anilines is 3. The van der Waals surface area contributed by atoms with E-state index >= 15 is 0 Å². The van der Waals surface area contributed by atoms with Gasteiger partial charge in [-0.3, -0.25) is 0 Å². The molecule has 0 saturated heterocycles. The number of nitrogen functional groups attached to an aromatic ring is 1. The molecule has 1 aromatic heterocycles. The van der Waals surface area contributed by atoms with Crippen LogP contribution in [0, 0.1) is 19.7 Å². The van der Waals surface area contributed by atoms with Crippen molar-refractivity contribution in [3.63, 3.8) is 0 Å². The first-order valence-electron chi connectivity index (χ1n) is 6.39. The molecule has 0 amide bonds. The molecule has 0 bridgehead atoms. The average Bonchev–Trinajstić information content (AvgIpc) is 2.62. The SMILES string of the molecule is CCCn1nc(C)c(N)c1Nc1cc(C)ccc1F. The number of nitrogens with two attached hydrogens (primary N) is 1. The number of nitrogens with zero attached hydrogens (tertiary/aromatic N) is 2. The fraction of sp³-hybridized carbons (Fsp3) is 0.357. The standard InChI is InChI=1S/C14H19FN4/c1-4-7-19-14(13(16)10(3)18-19)17-12-8-9(2)5-6-11(12)15/h5-6,8,17H,4,7,16H2,1-3H3. The van der Waals surface area contributed by atoms with Crippen molar-refractivity contribution in [1.82, 2.24) is 9.78 Å². The van der Waals surface area contributed by atoms with Crippen molar-refractivity contribution >= 4 is 17.2 Å². The third kappa shape index (κ3) is 2.70. The zero-order valence-corrected chi connectivity index (χ0v) is 11.5. The van der Waals surface area contributed by atoms with Crippen LogP contribution >= 0.6 is 0 Å². The van der Waals surface area contributed by atoms with Crippen molar-refractivity contribution in [3.8, 4) is 0 Å². The van der Waals surface area contributed by atoms with Gasteiger partial charge in [0.25, 0.3) is 0 Å². The number of halogens is 1. The highest BCUT2D eigenvalue weighted by Gasteiger charge is 2.13. The van der Waals surface area contributed by atoms with Crippen LogP contribution < -0.4 is 11.1 Å². The molecule has 102 valence electrons. The molecule has 0 radical (unpaired) electrons. The van der Waals surface area contributed by atoms with Gasteiger partial charge in [0.05, 0.1) is 17.1 Å². The van der Waals surface area contributed by atoms with Gasteiger partial charge in [-0.25, -0.2) is 9.07 Å². The van der Waals surface area contributed by atoms with Gasteiger partial charge >= 0.3 is 0 Å². The Kier molecular flexibility index (Phi) is 3.74. The maximum Gasteiger partial charge on any atom is 0.152 e. The van der Waals surface area contributed by atoms with Crippen molar-refractivity contribution in [1.29, 1.82) is 0 Å². The summed E-state index contributed by atoms with van der Waals surface area (Å²) in [7, 11) is 0. The lowest BCUT2D eigenvalue weighted by molar-refractivity contribution is 0.603. The summed E-state index contributed by atoms with van der Waals surface area (Å²) in [6.45, 7) is 6.57. The molecule has 2 aromatic rings. The molecule has 19 heavy (non-hydrogen) atoms. The summed E-state index contributed by atoms with van der Waals surface area (Å²) in [5.74, 6) is 0.357. The van der Waals surface area contributed by atoms with Gasteiger partial charge in [-0.05, 0) is 38.0 Å². The molecule has 5 heteroatoms. The molecule has 0 fully saturated rings. The summed E-state index contributed by atoms with van der Waals surface area (Å²) in [6.07, 6.45) is 0.936. The van der Waals surface area contributed by atoms with Gasteiger partial charge in [0, 0.05) is 6.54 Å². The monoisotopic (exact) mass is 262 g/mol. The first-order chi connectivity index (χ1) is 9.02. The minimum Gasteiger partial charge on any atom is -0.394 e. The third-order valence-corrected chi connectivity index (χ3v) is 2.98. The normalized spacial score (nSPS) is 10.7. The molecule has 1 aromatic carbocycles. The number of rotatable bonds is 4. The first kappa shape index (κ1) is 13.4. The number of aromatic nitrogens is 2. The molecule has 0 saturated carbocycles. The molecule has 2 rings (SSSR count). The molecule has 0 aliphatic carbocycles. The van der Waals surface area contributed by atoms with E-state index in [1.807, 2.05) is 13.8 Å². The Morgan fingerprint density at radius 3 is 2.79 bits per heavy atom. The molecule has 0 unspecified atom stereocenters. The second-order valence-electron chi connectivity index (χ2n) is 4.68. The Hall–Kier alpha value is -2.04. The number of benzene rings is 1. The third-order valence-electron chi connectivity index (χ3n) is 2.98. The van der Waals surface area contributed by atoms with Gasteiger partial charge in [0.1, 0.15) is 5.82 Å². The molecule has 0 aliphatic rings. The van der Waals surface area contributed by atoms with Gasteiger partial charge in [0.2, 0.25) is 0 Å². The van der Waals surface area contributed by atoms with E-state index in [4.69, 9.17) is 5.73 Å². The number of hydrogen-bond acceptors (Lipinski definition) is 3. The lowest BCUT2D eigenvalue weighted by Gasteiger charge is -2.11. The van der Waals surface area contributed by atoms with Crippen LogP contribution in [-0.4, -0.2) is 9.78 Å². The Bertz CT molecular complexity index is 589. The molecule has 3 N–H and O–H groups in total. The van der Waals surface area contributed by atoms with Crippen LogP contribution in [0.25, 0.3) is 0 Å². The molecule has 4 nitrogen and oxygen atoms in total. The smallest absolute Gasteiger partial charge is 0.152 e. The van der Waals surface area contributed by atoms with Gasteiger partial charge < -0.3 is 11.1 Å².